The van der Waals surface area contributed by atoms with Crippen LogP contribution in [0.4, 0.5) is 0 Å². The molecule has 228 valence electrons. The second-order valence-electron chi connectivity index (χ2n) is 12.5. The number of aromatic nitrogens is 3. The van der Waals surface area contributed by atoms with Crippen molar-refractivity contribution in [3.8, 4) is 28.3 Å². The molecule has 0 N–H and O–H groups in total. The molecule has 7 aromatic carbocycles. The Labute approximate surface area is 284 Å². The summed E-state index contributed by atoms with van der Waals surface area (Å²) in [6, 6.07) is 53.5. The summed E-state index contributed by atoms with van der Waals surface area (Å²) in [5.41, 5.74) is 9.23. The quantitative estimate of drug-likeness (QED) is 0.192. The van der Waals surface area contributed by atoms with E-state index < -0.39 is 0 Å². The van der Waals surface area contributed by atoms with Crippen LogP contribution >= 0.6 is 11.3 Å². The van der Waals surface area contributed by atoms with Crippen molar-refractivity contribution in [2.24, 2.45) is 0 Å². The van der Waals surface area contributed by atoms with E-state index in [9.17, 15) is 0 Å². The van der Waals surface area contributed by atoms with Crippen molar-refractivity contribution in [1.29, 1.82) is 0 Å². The van der Waals surface area contributed by atoms with E-state index in [0.29, 0.717) is 5.95 Å². The minimum atomic E-state index is 0.649. The molecule has 11 aromatic rings. The van der Waals surface area contributed by atoms with Crippen molar-refractivity contribution < 1.29 is 4.42 Å². The smallest absolute Gasteiger partial charge is 0.235 e. The lowest BCUT2D eigenvalue weighted by atomic mass is 9.98. The first-order chi connectivity index (χ1) is 24.3. The number of benzene rings is 7. The zero-order valence-electron chi connectivity index (χ0n) is 26.1. The molecule has 0 aliphatic carbocycles. The molecule has 5 heteroatoms. The molecule has 0 spiro atoms. The zero-order valence-corrected chi connectivity index (χ0v) is 26.9. The van der Waals surface area contributed by atoms with E-state index in [1.807, 2.05) is 6.07 Å². The largest absolute Gasteiger partial charge is 0.455 e. The lowest BCUT2D eigenvalue weighted by Crippen LogP contribution is -2.02. The number of hydrogen-bond acceptors (Lipinski definition) is 4. The van der Waals surface area contributed by atoms with Crippen LogP contribution < -0.4 is 0 Å². The van der Waals surface area contributed by atoms with Crippen LogP contribution in [0.15, 0.2) is 156 Å². The first-order valence-electron chi connectivity index (χ1n) is 16.4. The van der Waals surface area contributed by atoms with Crippen molar-refractivity contribution in [2.75, 3.05) is 0 Å². The molecule has 11 rings (SSSR count). The normalized spacial score (nSPS) is 12.1. The summed E-state index contributed by atoms with van der Waals surface area (Å²) in [5.74, 6) is 0.649. The molecule has 0 unspecified atom stereocenters. The maximum absolute atomic E-state index is 6.80. The van der Waals surface area contributed by atoms with E-state index >= 15 is 0 Å². The van der Waals surface area contributed by atoms with Crippen LogP contribution in [0, 0.1) is 0 Å². The molecule has 0 atom stereocenters. The molecule has 0 radical (unpaired) electrons. The van der Waals surface area contributed by atoms with Crippen LogP contribution in [0.2, 0.25) is 0 Å². The second-order valence-corrected chi connectivity index (χ2v) is 13.6. The Morgan fingerprint density at radius 1 is 0.510 bits per heavy atom. The zero-order chi connectivity index (χ0) is 32.1. The molecule has 4 aromatic heterocycles. The Morgan fingerprint density at radius 3 is 2.10 bits per heavy atom. The van der Waals surface area contributed by atoms with Gasteiger partial charge in [0.25, 0.3) is 0 Å². The van der Waals surface area contributed by atoms with Crippen molar-refractivity contribution in [2.45, 2.75) is 0 Å². The molecule has 0 amide bonds. The highest BCUT2D eigenvalue weighted by atomic mass is 32.1. The molecule has 0 fully saturated rings. The molecule has 4 heterocycles. The standard InChI is InChI=1S/C44H25N3OS/c1-3-11-26(12-4-1)28-19-21-30-29(25-28)20-24-36-38(30)33-22-23-35-39(42(33)48-36)31-15-7-9-17-34(31)47(35)44-45-40(27-13-5-2-6-14-27)43-41(46-44)32-16-8-10-18-37(32)49-43/h1-25H. The molecule has 0 saturated carbocycles. The van der Waals surface area contributed by atoms with Gasteiger partial charge in [0.05, 0.1) is 32.3 Å². The summed E-state index contributed by atoms with van der Waals surface area (Å²) >= 11 is 1.75. The molecule has 0 aliphatic heterocycles. The van der Waals surface area contributed by atoms with Crippen LogP contribution in [-0.2, 0) is 0 Å². The van der Waals surface area contributed by atoms with Gasteiger partial charge in [-0.3, -0.25) is 4.57 Å². The fourth-order valence-corrected chi connectivity index (χ4v) is 8.76. The van der Waals surface area contributed by atoms with Crippen molar-refractivity contribution in [3.63, 3.8) is 0 Å². The first-order valence-corrected chi connectivity index (χ1v) is 17.2. The number of hydrogen-bond donors (Lipinski definition) is 0. The van der Waals surface area contributed by atoms with Gasteiger partial charge in [-0.15, -0.1) is 11.3 Å². The monoisotopic (exact) mass is 643 g/mol. The van der Waals surface area contributed by atoms with E-state index in [1.54, 1.807) is 11.3 Å². The molecule has 0 bridgehead atoms. The predicted octanol–water partition coefficient (Wildman–Crippen LogP) is 12.3. The summed E-state index contributed by atoms with van der Waals surface area (Å²) in [6.45, 7) is 0. The molecule has 49 heavy (non-hydrogen) atoms. The minimum Gasteiger partial charge on any atom is -0.455 e. The van der Waals surface area contributed by atoms with Gasteiger partial charge in [0.15, 0.2) is 0 Å². The molecule has 0 aliphatic rings. The topological polar surface area (TPSA) is 43.9 Å². The number of rotatable bonds is 3. The lowest BCUT2D eigenvalue weighted by Gasteiger charge is -2.10. The maximum atomic E-state index is 6.80. The average molecular weight is 644 g/mol. The predicted molar refractivity (Wildman–Crippen MR) is 205 cm³/mol. The lowest BCUT2D eigenvalue weighted by molar-refractivity contribution is 0.673. The van der Waals surface area contributed by atoms with Gasteiger partial charge in [-0.2, -0.15) is 0 Å². The van der Waals surface area contributed by atoms with E-state index in [1.165, 1.54) is 26.6 Å². The summed E-state index contributed by atoms with van der Waals surface area (Å²) in [5, 5.41) is 7.94. The first kappa shape index (κ1) is 26.7. The van der Waals surface area contributed by atoms with Gasteiger partial charge in [-0.25, -0.2) is 9.97 Å². The van der Waals surface area contributed by atoms with E-state index in [-0.39, 0.29) is 0 Å². The third-order valence-corrected chi connectivity index (χ3v) is 11.0. The number of para-hydroxylation sites is 1. The summed E-state index contributed by atoms with van der Waals surface area (Å²) < 4.78 is 11.3. The van der Waals surface area contributed by atoms with Crippen molar-refractivity contribution in [1.82, 2.24) is 14.5 Å². The average Bonchev–Trinajstić information content (AvgIpc) is 3.84. The highest BCUT2D eigenvalue weighted by Gasteiger charge is 2.23. The molecule has 4 nitrogen and oxygen atoms in total. The molecular weight excluding hydrogens is 619 g/mol. The number of thiophene rings is 1. The number of fused-ring (bicyclic) bond motifs is 12. The van der Waals surface area contributed by atoms with Gasteiger partial charge in [-0.1, -0.05) is 115 Å². The summed E-state index contributed by atoms with van der Waals surface area (Å²) in [6.07, 6.45) is 0. The maximum Gasteiger partial charge on any atom is 0.235 e. The van der Waals surface area contributed by atoms with Gasteiger partial charge >= 0.3 is 0 Å². The fourth-order valence-electron chi connectivity index (χ4n) is 7.61. The van der Waals surface area contributed by atoms with Crippen LogP contribution in [0.5, 0.6) is 0 Å². The molecular formula is C44H25N3OS. The third kappa shape index (κ3) is 3.85. The Hall–Kier alpha value is -6.30. The van der Waals surface area contributed by atoms with E-state index in [2.05, 4.69) is 150 Å². The van der Waals surface area contributed by atoms with Gasteiger partial charge < -0.3 is 4.42 Å². The van der Waals surface area contributed by atoms with Crippen molar-refractivity contribution in [3.05, 3.63) is 152 Å². The fraction of sp³-hybridized carbons (Fsp3) is 0. The van der Waals surface area contributed by atoms with Crippen LogP contribution in [0.1, 0.15) is 0 Å². The Morgan fingerprint density at radius 2 is 1.24 bits per heavy atom. The Balaban J connectivity index is 1.21. The van der Waals surface area contributed by atoms with Crippen LogP contribution in [-0.4, -0.2) is 14.5 Å². The highest BCUT2D eigenvalue weighted by molar-refractivity contribution is 7.26. The Bertz CT molecular complexity index is 3100. The number of nitrogens with zero attached hydrogens (tertiary/aromatic N) is 3. The summed E-state index contributed by atoms with van der Waals surface area (Å²) in [7, 11) is 0. The highest BCUT2D eigenvalue weighted by Crippen LogP contribution is 2.44. The van der Waals surface area contributed by atoms with E-state index in [0.717, 1.165) is 70.6 Å². The third-order valence-electron chi connectivity index (χ3n) is 9.82. The molecule has 0 saturated heterocycles. The number of furan rings is 1. The van der Waals surface area contributed by atoms with Gasteiger partial charge in [0.2, 0.25) is 5.95 Å². The van der Waals surface area contributed by atoms with Crippen molar-refractivity contribution >= 4 is 86.2 Å². The summed E-state index contributed by atoms with van der Waals surface area (Å²) in [4.78, 5) is 10.7. The van der Waals surface area contributed by atoms with Crippen LogP contribution in [0.3, 0.4) is 0 Å². The second kappa shape index (κ2) is 10.1. The SMILES string of the molecule is c1ccc(-c2ccc3c(ccc4oc5c(ccc6c5c5ccccc5n6-c5nc(-c6ccccc6)c6sc7ccccc7c6n5)c43)c2)cc1. The van der Waals surface area contributed by atoms with E-state index in [4.69, 9.17) is 14.4 Å². The van der Waals surface area contributed by atoms with Gasteiger partial charge in [0.1, 0.15) is 11.2 Å². The van der Waals surface area contributed by atoms with Gasteiger partial charge in [-0.05, 0) is 58.3 Å². The van der Waals surface area contributed by atoms with Crippen LogP contribution in [0.25, 0.3) is 103 Å². The minimum absolute atomic E-state index is 0.649. The Kier molecular flexibility index (Phi) is 5.51. The van der Waals surface area contributed by atoms with Gasteiger partial charge in [0, 0.05) is 31.8 Å².